The van der Waals surface area contributed by atoms with Gasteiger partial charge in [-0.05, 0) is 44.2 Å². The lowest BCUT2D eigenvalue weighted by Crippen LogP contribution is -2.34. The minimum atomic E-state index is 0.422. The first-order valence-corrected chi connectivity index (χ1v) is 9.84. The Labute approximate surface area is 155 Å². The molecule has 2 aromatic rings. The molecule has 4 rings (SSSR count). The summed E-state index contributed by atoms with van der Waals surface area (Å²) >= 11 is 0. The van der Waals surface area contributed by atoms with Crippen LogP contribution in [-0.2, 0) is 30.9 Å². The van der Waals surface area contributed by atoms with Crippen molar-refractivity contribution in [2.24, 2.45) is 5.92 Å². The third-order valence-electron chi connectivity index (χ3n) is 5.90. The lowest BCUT2D eigenvalue weighted by molar-refractivity contribution is 0.0542. The Morgan fingerprint density at radius 3 is 2.88 bits per heavy atom. The van der Waals surface area contributed by atoms with E-state index in [1.165, 1.54) is 30.5 Å². The Morgan fingerprint density at radius 2 is 2.12 bits per heavy atom. The minimum absolute atomic E-state index is 0.422. The molecule has 0 saturated heterocycles. The summed E-state index contributed by atoms with van der Waals surface area (Å²) in [6.45, 7) is 8.64. The molecule has 1 atom stereocenters. The van der Waals surface area contributed by atoms with Crippen molar-refractivity contribution in [1.82, 2.24) is 24.6 Å². The maximum absolute atomic E-state index is 5.91. The van der Waals surface area contributed by atoms with E-state index in [-0.39, 0.29) is 0 Å². The van der Waals surface area contributed by atoms with Crippen molar-refractivity contribution in [2.45, 2.75) is 65.3 Å². The second kappa shape index (κ2) is 7.84. The van der Waals surface area contributed by atoms with Crippen LogP contribution in [0, 0.1) is 12.8 Å². The largest absolute Gasteiger partial charge is 0.373 e. The molecule has 1 unspecified atom stereocenters. The molecule has 1 fully saturated rings. The third-order valence-corrected chi connectivity index (χ3v) is 5.90. The third kappa shape index (κ3) is 3.81. The van der Waals surface area contributed by atoms with Gasteiger partial charge in [-0.1, -0.05) is 12.5 Å². The summed E-state index contributed by atoms with van der Waals surface area (Å²) in [6.07, 6.45) is 6.80. The Balaban J connectivity index is 1.39. The van der Waals surface area contributed by atoms with Crippen molar-refractivity contribution in [1.29, 1.82) is 0 Å². The van der Waals surface area contributed by atoms with E-state index in [9.17, 15) is 0 Å². The topological polar surface area (TPSA) is 56.1 Å². The molecule has 1 saturated carbocycles. The zero-order valence-electron chi connectivity index (χ0n) is 15.9. The highest BCUT2D eigenvalue weighted by Gasteiger charge is 2.25. The molecule has 0 aromatic carbocycles. The van der Waals surface area contributed by atoms with Gasteiger partial charge in [0.25, 0.3) is 0 Å². The fourth-order valence-electron chi connectivity index (χ4n) is 3.82. The predicted octanol–water partition coefficient (Wildman–Crippen LogP) is 2.75. The summed E-state index contributed by atoms with van der Waals surface area (Å²) in [6, 6.07) is 4.56. The standard InChI is InChI=1S/C20H29N5O/c1-15-5-4-8-21-18(15)12-24-9-10-25-19(11-16(24)2)22-23-20(25)14-26-13-17-6-3-7-17/h4-5,8,16-17H,3,6-7,9-14H2,1-2H3. The first-order chi connectivity index (χ1) is 12.7. The van der Waals surface area contributed by atoms with Crippen LogP contribution in [-0.4, -0.2) is 43.8 Å². The number of hydrogen-bond donors (Lipinski definition) is 0. The minimum Gasteiger partial charge on any atom is -0.373 e. The van der Waals surface area contributed by atoms with Crippen LogP contribution in [0.2, 0.25) is 0 Å². The second-order valence-electron chi connectivity index (χ2n) is 7.79. The predicted molar refractivity (Wildman–Crippen MR) is 99.6 cm³/mol. The molecule has 1 aliphatic carbocycles. The quantitative estimate of drug-likeness (QED) is 0.797. The van der Waals surface area contributed by atoms with Crippen molar-refractivity contribution in [3.63, 3.8) is 0 Å². The monoisotopic (exact) mass is 355 g/mol. The van der Waals surface area contributed by atoms with Crippen LogP contribution in [0.5, 0.6) is 0 Å². The van der Waals surface area contributed by atoms with Gasteiger partial charge in [0.1, 0.15) is 12.4 Å². The molecule has 2 aliphatic rings. The van der Waals surface area contributed by atoms with E-state index in [1.54, 1.807) is 0 Å². The summed E-state index contributed by atoms with van der Waals surface area (Å²) in [7, 11) is 0. The van der Waals surface area contributed by atoms with Crippen LogP contribution in [0.3, 0.4) is 0 Å². The van der Waals surface area contributed by atoms with Gasteiger partial charge in [-0.15, -0.1) is 10.2 Å². The van der Waals surface area contributed by atoms with Gasteiger partial charge in [0, 0.05) is 44.9 Å². The van der Waals surface area contributed by atoms with Crippen LogP contribution in [0.1, 0.15) is 49.1 Å². The SMILES string of the molecule is Cc1cccnc1CN1CCn2c(COCC3CCC3)nnc2CC1C. The van der Waals surface area contributed by atoms with E-state index in [0.29, 0.717) is 12.6 Å². The van der Waals surface area contributed by atoms with E-state index in [0.717, 1.165) is 50.2 Å². The summed E-state index contributed by atoms with van der Waals surface area (Å²) in [4.78, 5) is 7.07. The number of nitrogens with zero attached hydrogens (tertiary/aromatic N) is 5. The number of hydrogen-bond acceptors (Lipinski definition) is 5. The zero-order chi connectivity index (χ0) is 17.9. The molecule has 0 N–H and O–H groups in total. The van der Waals surface area contributed by atoms with Crippen LogP contribution in [0.4, 0.5) is 0 Å². The summed E-state index contributed by atoms with van der Waals surface area (Å²) in [5, 5.41) is 8.84. The normalized spacial score (nSPS) is 21.2. The molecule has 0 spiro atoms. The Hall–Kier alpha value is -1.79. The lowest BCUT2D eigenvalue weighted by atomic mass is 9.86. The van der Waals surface area contributed by atoms with Gasteiger partial charge in [0.2, 0.25) is 0 Å². The number of ether oxygens (including phenoxy) is 1. The van der Waals surface area contributed by atoms with E-state index in [1.807, 2.05) is 12.3 Å². The highest BCUT2D eigenvalue weighted by molar-refractivity contribution is 5.17. The van der Waals surface area contributed by atoms with Crippen LogP contribution in [0.15, 0.2) is 18.3 Å². The molecule has 0 amide bonds. The van der Waals surface area contributed by atoms with E-state index < -0.39 is 0 Å². The molecule has 0 radical (unpaired) electrons. The summed E-state index contributed by atoms with van der Waals surface area (Å²) < 4.78 is 8.17. The van der Waals surface area contributed by atoms with Gasteiger partial charge in [0.15, 0.2) is 5.82 Å². The highest BCUT2D eigenvalue weighted by atomic mass is 16.5. The van der Waals surface area contributed by atoms with Crippen molar-refractivity contribution < 1.29 is 4.74 Å². The number of pyridine rings is 1. The Kier molecular flexibility index (Phi) is 5.31. The maximum Gasteiger partial charge on any atom is 0.159 e. The lowest BCUT2D eigenvalue weighted by Gasteiger charge is -2.26. The fraction of sp³-hybridized carbons (Fsp3) is 0.650. The number of rotatable bonds is 6. The number of aromatic nitrogens is 4. The van der Waals surface area contributed by atoms with Gasteiger partial charge in [-0.25, -0.2) is 0 Å². The highest BCUT2D eigenvalue weighted by Crippen LogP contribution is 2.26. The average Bonchev–Trinajstić information content (AvgIpc) is 2.89. The van der Waals surface area contributed by atoms with Crippen LogP contribution >= 0.6 is 0 Å². The van der Waals surface area contributed by atoms with Crippen molar-refractivity contribution in [2.75, 3.05) is 13.2 Å². The first kappa shape index (κ1) is 17.6. The molecular formula is C20H29N5O. The maximum atomic E-state index is 5.91. The average molecular weight is 355 g/mol. The molecule has 26 heavy (non-hydrogen) atoms. The Morgan fingerprint density at radius 1 is 1.23 bits per heavy atom. The van der Waals surface area contributed by atoms with Crippen molar-refractivity contribution >= 4 is 0 Å². The molecule has 0 bridgehead atoms. The van der Waals surface area contributed by atoms with Gasteiger partial charge >= 0.3 is 0 Å². The molecule has 2 aromatic heterocycles. The van der Waals surface area contributed by atoms with Gasteiger partial charge in [0.05, 0.1) is 5.69 Å². The number of fused-ring (bicyclic) bond motifs is 1. The smallest absolute Gasteiger partial charge is 0.159 e. The van der Waals surface area contributed by atoms with Crippen molar-refractivity contribution in [3.8, 4) is 0 Å². The molecule has 3 heterocycles. The number of aryl methyl sites for hydroxylation is 1. The molecule has 6 nitrogen and oxygen atoms in total. The van der Waals surface area contributed by atoms with E-state index >= 15 is 0 Å². The molecule has 6 heteroatoms. The van der Waals surface area contributed by atoms with Gasteiger partial charge in [-0.3, -0.25) is 9.88 Å². The molecule has 140 valence electrons. The van der Waals surface area contributed by atoms with Gasteiger partial charge < -0.3 is 9.30 Å². The first-order valence-electron chi connectivity index (χ1n) is 9.84. The Bertz CT molecular complexity index is 740. The fourth-order valence-corrected chi connectivity index (χ4v) is 3.82. The van der Waals surface area contributed by atoms with Crippen LogP contribution in [0.25, 0.3) is 0 Å². The van der Waals surface area contributed by atoms with Gasteiger partial charge in [-0.2, -0.15) is 0 Å². The second-order valence-corrected chi connectivity index (χ2v) is 7.79. The van der Waals surface area contributed by atoms with Crippen LogP contribution < -0.4 is 0 Å². The molecule has 1 aliphatic heterocycles. The summed E-state index contributed by atoms with van der Waals surface area (Å²) in [5.74, 6) is 2.82. The zero-order valence-corrected chi connectivity index (χ0v) is 15.9. The summed E-state index contributed by atoms with van der Waals surface area (Å²) in [5.41, 5.74) is 2.43. The van der Waals surface area contributed by atoms with E-state index in [2.05, 4.69) is 44.6 Å². The van der Waals surface area contributed by atoms with Crippen molar-refractivity contribution in [3.05, 3.63) is 41.2 Å². The molecular weight excluding hydrogens is 326 g/mol. The van der Waals surface area contributed by atoms with E-state index in [4.69, 9.17) is 4.74 Å².